The van der Waals surface area contributed by atoms with E-state index in [4.69, 9.17) is 14.8 Å². The first kappa shape index (κ1) is 48.1. The molecule has 0 spiro atoms. The SMILES string of the molecule is Cc1c(OC2CCC(CCCN3CCN(c4ccc5c([C@H]6CCC(=O)NC6=O)nn(C)c5c4)[C@H](C)C3)CC2)cccc1-c1ccc(N2CCc3cccc(C(=O)Nc4nc5ccccc5s4)c3C2)nc1C(=O)O. The number of hydrogen-bond donors (Lipinski definition) is 3. The van der Waals surface area contributed by atoms with Gasteiger partial charge in [-0.15, -0.1) is 0 Å². The maximum atomic E-state index is 13.7. The standard InChI is InChI=1S/C57H61N9O6S/c1-34-32-64(29-30-66(34)38-18-21-43-47(31-38)63(3)62-52(43)44-23-25-51(67)60-55(44)69)27-8-9-36-16-19-39(20-17-36)72-48-14-7-11-40(35(48)2)41-22-24-50(59-53(41)56(70)71)65-28-26-37-10-6-12-42(45(37)33-65)54(68)61-57-58-46-13-4-5-15-49(46)73-57/h4-7,10-15,18,21-22,24,31,34,36,39,44H,8-9,16-17,19-20,23,25-30,32-33H2,1-3H3,(H,70,71)(H,58,61,68)(H,60,67,69)/t34-,36?,39?,44-/m1/s1. The Morgan fingerprint density at radius 1 is 0.890 bits per heavy atom. The number of ether oxygens (including phenoxy) is 1. The number of piperazine rings is 1. The van der Waals surface area contributed by atoms with Crippen LogP contribution in [0.25, 0.3) is 32.2 Å². The number of rotatable bonds is 13. The number of benzene rings is 4. The molecule has 6 heterocycles. The average molecular weight is 1000 g/mol. The lowest BCUT2D eigenvalue weighted by molar-refractivity contribution is -0.134. The number of carboxylic acids is 1. The molecule has 3 aromatic heterocycles. The Kier molecular flexibility index (Phi) is 13.4. The number of aryl methyl sites for hydroxylation is 1. The molecule has 2 atom stereocenters. The van der Waals surface area contributed by atoms with Crippen molar-refractivity contribution >= 4 is 72.8 Å². The van der Waals surface area contributed by atoms with Gasteiger partial charge in [-0.2, -0.15) is 5.10 Å². The molecule has 11 rings (SSSR count). The van der Waals surface area contributed by atoms with Gasteiger partial charge in [-0.05, 0) is 155 Å². The molecule has 0 unspecified atom stereocenters. The highest BCUT2D eigenvalue weighted by molar-refractivity contribution is 7.22. The van der Waals surface area contributed by atoms with E-state index in [2.05, 4.69) is 50.5 Å². The molecule has 3 N–H and O–H groups in total. The van der Waals surface area contributed by atoms with Crippen LogP contribution in [0.3, 0.4) is 0 Å². The first-order chi connectivity index (χ1) is 35.4. The minimum atomic E-state index is -1.10. The number of fused-ring (bicyclic) bond motifs is 3. The van der Waals surface area contributed by atoms with Crippen LogP contribution in [-0.4, -0.2) is 98.3 Å². The predicted octanol–water partition coefficient (Wildman–Crippen LogP) is 9.52. The number of aromatic nitrogens is 4. The van der Waals surface area contributed by atoms with E-state index in [0.717, 1.165) is 112 Å². The van der Waals surface area contributed by atoms with Gasteiger partial charge < -0.3 is 19.6 Å². The van der Waals surface area contributed by atoms with Crippen LogP contribution in [0.5, 0.6) is 5.75 Å². The van der Waals surface area contributed by atoms with Crippen LogP contribution in [0.2, 0.25) is 0 Å². The number of carboxylic acid groups (broad SMARTS) is 1. The van der Waals surface area contributed by atoms with E-state index in [-0.39, 0.29) is 29.5 Å². The number of carbonyl (C=O) groups is 4. The van der Waals surface area contributed by atoms with Crippen LogP contribution in [-0.2, 0) is 29.6 Å². The van der Waals surface area contributed by atoms with Gasteiger partial charge in [0.2, 0.25) is 11.8 Å². The largest absolute Gasteiger partial charge is 0.490 e. The van der Waals surface area contributed by atoms with Crippen molar-refractivity contribution in [1.29, 1.82) is 0 Å². The lowest BCUT2D eigenvalue weighted by Gasteiger charge is -2.41. The summed E-state index contributed by atoms with van der Waals surface area (Å²) in [5.74, 6) is -0.229. The van der Waals surface area contributed by atoms with Crippen molar-refractivity contribution in [2.45, 2.75) is 96.2 Å². The fourth-order valence-corrected chi connectivity index (χ4v) is 12.6. The summed E-state index contributed by atoms with van der Waals surface area (Å²) in [5.41, 5.74) is 8.49. The maximum absolute atomic E-state index is 13.7. The molecule has 376 valence electrons. The average Bonchev–Trinajstić information content (AvgIpc) is 3.96. The van der Waals surface area contributed by atoms with E-state index in [9.17, 15) is 24.3 Å². The van der Waals surface area contributed by atoms with Crippen LogP contribution in [0.15, 0.2) is 91.0 Å². The van der Waals surface area contributed by atoms with Gasteiger partial charge in [0.1, 0.15) is 11.6 Å². The molecule has 2 saturated heterocycles. The molecule has 16 heteroatoms. The summed E-state index contributed by atoms with van der Waals surface area (Å²) in [4.78, 5) is 67.5. The van der Waals surface area contributed by atoms with Gasteiger partial charge >= 0.3 is 5.97 Å². The molecule has 3 fully saturated rings. The Hall–Kier alpha value is -7.17. The third-order valence-corrected chi connectivity index (χ3v) is 16.6. The van der Waals surface area contributed by atoms with Gasteiger partial charge in [0, 0.05) is 74.4 Å². The number of imide groups is 1. The van der Waals surface area contributed by atoms with Crippen molar-refractivity contribution in [3.8, 4) is 16.9 Å². The molecule has 1 saturated carbocycles. The second-order valence-corrected chi connectivity index (χ2v) is 21.3. The number of thiazole rings is 1. The number of pyridine rings is 1. The normalized spacial score (nSPS) is 20.5. The zero-order valence-corrected chi connectivity index (χ0v) is 42.4. The van der Waals surface area contributed by atoms with Crippen LogP contribution in [0.4, 0.5) is 16.6 Å². The number of aromatic carboxylic acids is 1. The number of nitrogens with one attached hydrogen (secondary N) is 2. The van der Waals surface area contributed by atoms with E-state index in [1.165, 1.54) is 24.2 Å². The fraction of sp³-hybridized carbons (Fsp3) is 0.386. The van der Waals surface area contributed by atoms with E-state index in [1.807, 2.05) is 96.3 Å². The van der Waals surface area contributed by atoms with Crippen molar-refractivity contribution in [3.63, 3.8) is 0 Å². The van der Waals surface area contributed by atoms with Gasteiger partial charge in [0.25, 0.3) is 5.91 Å². The minimum Gasteiger partial charge on any atom is -0.490 e. The van der Waals surface area contributed by atoms with E-state index in [0.29, 0.717) is 66.4 Å². The first-order valence-corrected chi connectivity index (χ1v) is 26.6. The summed E-state index contributed by atoms with van der Waals surface area (Å²) in [5, 5.41) is 22.3. The molecule has 3 amide bonds. The third kappa shape index (κ3) is 9.89. The molecule has 0 radical (unpaired) electrons. The van der Waals surface area contributed by atoms with Gasteiger partial charge in [0.15, 0.2) is 10.8 Å². The highest BCUT2D eigenvalue weighted by atomic mass is 32.1. The Balaban J connectivity index is 0.670. The van der Waals surface area contributed by atoms with Crippen molar-refractivity contribution in [2.24, 2.45) is 13.0 Å². The molecule has 4 aliphatic rings. The third-order valence-electron chi connectivity index (χ3n) is 15.7. The fourth-order valence-electron chi connectivity index (χ4n) is 11.7. The molecule has 15 nitrogen and oxygen atoms in total. The van der Waals surface area contributed by atoms with Crippen LogP contribution in [0, 0.1) is 12.8 Å². The minimum absolute atomic E-state index is 0.0200. The molecule has 3 aliphatic heterocycles. The van der Waals surface area contributed by atoms with Crippen LogP contribution < -0.4 is 25.2 Å². The second kappa shape index (κ2) is 20.4. The first-order valence-electron chi connectivity index (χ1n) is 25.8. The Morgan fingerprint density at radius 2 is 1.73 bits per heavy atom. The van der Waals surface area contributed by atoms with Crippen molar-refractivity contribution in [2.75, 3.05) is 47.8 Å². The quantitative estimate of drug-likeness (QED) is 0.0935. The summed E-state index contributed by atoms with van der Waals surface area (Å²) in [6.07, 6.45) is 8.20. The van der Waals surface area contributed by atoms with Crippen molar-refractivity contribution in [3.05, 3.63) is 125 Å². The predicted molar refractivity (Wildman–Crippen MR) is 285 cm³/mol. The Bertz CT molecular complexity index is 3240. The number of nitrogens with zero attached hydrogens (tertiary/aromatic N) is 7. The molecule has 7 aromatic rings. The topological polar surface area (TPSA) is 175 Å². The summed E-state index contributed by atoms with van der Waals surface area (Å²) in [7, 11) is 1.92. The molecule has 0 bridgehead atoms. The molecular formula is C57H61N9O6S. The van der Waals surface area contributed by atoms with Gasteiger partial charge in [-0.1, -0.05) is 47.7 Å². The van der Waals surface area contributed by atoms with Crippen LogP contribution in [0.1, 0.15) is 107 Å². The molecular weight excluding hydrogens is 939 g/mol. The number of amides is 3. The van der Waals surface area contributed by atoms with Gasteiger partial charge in [-0.25, -0.2) is 14.8 Å². The number of para-hydroxylation sites is 1. The Morgan fingerprint density at radius 3 is 2.53 bits per heavy atom. The highest BCUT2D eigenvalue weighted by Crippen LogP contribution is 2.38. The zero-order chi connectivity index (χ0) is 50.3. The lowest BCUT2D eigenvalue weighted by atomic mass is 9.84. The zero-order valence-electron chi connectivity index (χ0n) is 41.6. The molecule has 1 aliphatic carbocycles. The summed E-state index contributed by atoms with van der Waals surface area (Å²) >= 11 is 1.44. The van der Waals surface area contributed by atoms with E-state index < -0.39 is 11.9 Å². The Labute approximate surface area is 428 Å². The smallest absolute Gasteiger partial charge is 0.355 e. The molecule has 73 heavy (non-hydrogen) atoms. The number of hydrogen-bond acceptors (Lipinski definition) is 12. The summed E-state index contributed by atoms with van der Waals surface area (Å²) < 4.78 is 9.56. The van der Waals surface area contributed by atoms with Crippen LogP contribution >= 0.6 is 11.3 Å². The lowest BCUT2D eigenvalue weighted by Crippen LogP contribution is -2.52. The number of anilines is 3. The van der Waals surface area contributed by atoms with Gasteiger partial charge in [0.05, 0.1) is 33.4 Å². The monoisotopic (exact) mass is 999 g/mol. The second-order valence-electron chi connectivity index (χ2n) is 20.3. The number of piperidine rings is 1. The van der Waals surface area contributed by atoms with Crippen molar-refractivity contribution < 1.29 is 29.0 Å². The van der Waals surface area contributed by atoms with Crippen molar-refractivity contribution in [1.82, 2.24) is 30.0 Å². The maximum Gasteiger partial charge on any atom is 0.355 e. The summed E-state index contributed by atoms with van der Waals surface area (Å²) in [6.45, 7) is 9.38. The molecule has 4 aromatic carbocycles. The van der Waals surface area contributed by atoms with E-state index in [1.54, 1.807) is 0 Å². The number of carbonyl (C=O) groups excluding carboxylic acids is 3. The highest BCUT2D eigenvalue weighted by Gasteiger charge is 2.33. The van der Waals surface area contributed by atoms with Gasteiger partial charge in [-0.3, -0.25) is 34.6 Å². The van der Waals surface area contributed by atoms with E-state index >= 15 is 0 Å². The summed E-state index contributed by atoms with van der Waals surface area (Å²) in [6, 6.07) is 30.0.